The topological polar surface area (TPSA) is 297 Å². The van der Waals surface area contributed by atoms with Gasteiger partial charge in [-0.2, -0.15) is 8.78 Å². The van der Waals surface area contributed by atoms with E-state index in [2.05, 4.69) is 134 Å². The number of ether oxygens (including phenoxy) is 5. The molecule has 784 valence electrons. The number of halogens is 2. The maximum atomic E-state index is 12.5. The van der Waals surface area contributed by atoms with E-state index in [9.17, 15) is 58.3 Å². The third kappa shape index (κ3) is 28.7. The Hall–Kier alpha value is -12.8. The third-order valence-electron chi connectivity index (χ3n) is 27.1. The number of alkyl halides is 2. The number of carbonyl (C=O) groups is 5. The first kappa shape index (κ1) is 113. The molecule has 15 aromatic rings. The van der Waals surface area contributed by atoms with E-state index in [1.807, 2.05) is 170 Å². The average molecular weight is 2120 g/mol. The van der Waals surface area contributed by atoms with Crippen molar-refractivity contribution in [2.45, 2.75) is 291 Å². The molecule has 0 radical (unpaired) electrons. The molecule has 27 heteroatoms. The standard InChI is InChI=1S/C27H31NO3S.C26H29NO3S.C25H27NO3S.C25H29NO3S.C20H17F2NO3S/c1-3-14-27(15-4-2,26(29)30)32-25-13-16-28-24-12-11-20(18-23(24)25)19-7-5-10-22(17-19)31-21-8-6-9-21;1-3-13-26(14-4-2,25(28)29)31-24-12-15-27-23-11-8-19(17-22(23)24)18-6-5-7-21(16-18)30-20-9-10-20;1-3-25(4-2,24(27)28)30-23-13-14-26-22-12-11-18(16-21(22)23)17-7-5-10-20(15-17)29-19-8-6-9-19;1-4-13-25(14-5-2,24(27)28)30-23-12-15-26-22-11-10-19(17-21(22)23)18-8-7-9-20(16-18)29-6-3;1-20(2,18(24)25)27-17-8-9-23-16-7-6-13(11-15(16)17)12-4-3-5-14(10-12)26-19(21)22/h5,7,10-13,16-18,21H,3-4,6,8-9,14-15H2,1-2H3,(H,29,30);5-8,11-12,15-17,20H,3-4,9-10,13-14H2,1-2H3,(H,28,29);5,7,10-16,19H,3-4,6,8-9H2,1-2H3,(H,27,28);7-12,15-17H,4-6,13-14H2,1-3H3,(H,27,28);3-11,19H,1-2H3,(H,24,25). The molecule has 10 aromatic carbocycles. The summed E-state index contributed by atoms with van der Waals surface area (Å²) in [6.45, 7) is 19.2. The molecule has 0 spiro atoms. The first-order valence-electron chi connectivity index (χ1n) is 52.1. The Labute approximate surface area is 898 Å². The molecular formula is C123H133F2N5O15S5. The lowest BCUT2D eigenvalue weighted by atomic mass is 9.96. The van der Waals surface area contributed by atoms with Crippen molar-refractivity contribution in [2.75, 3.05) is 6.61 Å². The molecular weight excluding hydrogens is 1990 g/mol. The van der Waals surface area contributed by atoms with E-state index in [1.165, 1.54) is 83.8 Å². The van der Waals surface area contributed by atoms with Crippen LogP contribution in [0.5, 0.6) is 28.7 Å². The normalized spacial score (nSPS) is 13.3. The molecule has 18 rings (SSSR count). The average Bonchev–Trinajstić information content (AvgIpc) is 0.813. The van der Waals surface area contributed by atoms with E-state index in [0.29, 0.717) is 81.8 Å². The van der Waals surface area contributed by atoms with Crippen LogP contribution in [0.4, 0.5) is 8.78 Å². The van der Waals surface area contributed by atoms with Crippen LogP contribution >= 0.6 is 58.8 Å². The number of thioether (sulfide) groups is 5. The molecule has 0 atom stereocenters. The smallest absolute Gasteiger partial charge is 0.387 e. The molecule has 5 aromatic heterocycles. The Bertz CT molecular complexity index is 7180. The zero-order valence-corrected chi connectivity index (χ0v) is 91.0. The van der Waals surface area contributed by atoms with Gasteiger partial charge in [-0.1, -0.05) is 185 Å². The van der Waals surface area contributed by atoms with Gasteiger partial charge in [-0.15, -0.1) is 58.8 Å². The van der Waals surface area contributed by atoms with Crippen LogP contribution in [0, 0.1) is 0 Å². The number of rotatable bonds is 44. The van der Waals surface area contributed by atoms with Crippen LogP contribution < -0.4 is 23.7 Å². The first-order chi connectivity index (χ1) is 72.4. The van der Waals surface area contributed by atoms with Crippen molar-refractivity contribution < 1.29 is 82.0 Å². The number of pyridine rings is 5. The Morgan fingerprint density at radius 3 is 0.773 bits per heavy atom. The monoisotopic (exact) mass is 2120 g/mol. The predicted octanol–water partition coefficient (Wildman–Crippen LogP) is 33.2. The molecule has 0 aliphatic heterocycles. The van der Waals surface area contributed by atoms with Gasteiger partial charge in [0.1, 0.15) is 52.5 Å². The summed E-state index contributed by atoms with van der Waals surface area (Å²) in [7, 11) is 0. The Balaban J connectivity index is 0.000000148. The van der Waals surface area contributed by atoms with Gasteiger partial charge in [0.05, 0.1) is 52.5 Å². The minimum absolute atomic E-state index is 0.0791. The summed E-state index contributed by atoms with van der Waals surface area (Å²) < 4.78 is 48.9. The maximum absolute atomic E-state index is 12.5. The third-order valence-corrected chi connectivity index (χ3v) is 34.8. The van der Waals surface area contributed by atoms with Crippen LogP contribution in [-0.4, -0.2) is 136 Å². The Kier molecular flexibility index (Phi) is 39.7. The van der Waals surface area contributed by atoms with Crippen molar-refractivity contribution >= 4 is 143 Å². The first-order valence-corrected chi connectivity index (χ1v) is 56.2. The number of carboxylic acids is 5. The molecule has 5 heterocycles. The van der Waals surface area contributed by atoms with E-state index in [0.717, 1.165) is 229 Å². The van der Waals surface area contributed by atoms with Crippen molar-refractivity contribution in [3.05, 3.63) is 274 Å². The summed E-state index contributed by atoms with van der Waals surface area (Å²) in [5.74, 6) is -0.241. The molecule has 3 aliphatic rings. The van der Waals surface area contributed by atoms with Crippen molar-refractivity contribution in [2.24, 2.45) is 0 Å². The van der Waals surface area contributed by atoms with Crippen molar-refractivity contribution in [1.29, 1.82) is 0 Å². The van der Waals surface area contributed by atoms with Crippen molar-refractivity contribution in [3.63, 3.8) is 0 Å². The Morgan fingerprint density at radius 2 is 0.540 bits per heavy atom. The number of nitrogens with zero attached hydrogens (tertiary/aromatic N) is 5. The number of aliphatic carboxylic acids is 5. The largest absolute Gasteiger partial charge is 0.494 e. The second-order valence-electron chi connectivity index (χ2n) is 38.5. The summed E-state index contributed by atoms with van der Waals surface area (Å²) in [5, 5.41) is 54.4. The van der Waals surface area contributed by atoms with Gasteiger partial charge in [-0.05, 0) is 331 Å². The fourth-order valence-corrected chi connectivity index (χ4v) is 25.3. The van der Waals surface area contributed by atoms with Crippen LogP contribution in [0.15, 0.2) is 298 Å². The number of hydrogen-bond donors (Lipinski definition) is 5. The fourth-order valence-electron chi connectivity index (χ4n) is 18.5. The number of aromatic nitrogens is 5. The highest BCUT2D eigenvalue weighted by atomic mass is 32.2. The van der Waals surface area contributed by atoms with Gasteiger partial charge >= 0.3 is 36.5 Å². The van der Waals surface area contributed by atoms with Crippen LogP contribution in [0.25, 0.3) is 110 Å². The zero-order valence-electron chi connectivity index (χ0n) is 86.9. The highest BCUT2D eigenvalue weighted by Gasteiger charge is 2.43. The van der Waals surface area contributed by atoms with Gasteiger partial charge in [0, 0.05) is 82.4 Å². The summed E-state index contributed by atoms with van der Waals surface area (Å²) in [6.07, 6.45) is 29.0. The van der Waals surface area contributed by atoms with E-state index in [4.69, 9.17) is 18.9 Å². The second-order valence-corrected chi connectivity index (χ2v) is 45.9. The summed E-state index contributed by atoms with van der Waals surface area (Å²) in [5.41, 5.74) is 14.4. The predicted molar refractivity (Wildman–Crippen MR) is 606 cm³/mol. The molecule has 150 heavy (non-hydrogen) atoms. The van der Waals surface area contributed by atoms with Gasteiger partial charge in [-0.3, -0.25) is 48.9 Å². The summed E-state index contributed by atoms with van der Waals surface area (Å²) >= 11 is 7.11. The number of hydrogen-bond acceptors (Lipinski definition) is 20. The lowest BCUT2D eigenvalue weighted by molar-refractivity contribution is -0.141. The zero-order chi connectivity index (χ0) is 107. The molecule has 0 bridgehead atoms. The lowest BCUT2D eigenvalue weighted by Crippen LogP contribution is -2.34. The number of carboxylic acid groups (broad SMARTS) is 5. The van der Waals surface area contributed by atoms with Gasteiger partial charge in [0.25, 0.3) is 0 Å². The van der Waals surface area contributed by atoms with Gasteiger partial charge in [0.15, 0.2) is 0 Å². The maximum Gasteiger partial charge on any atom is 0.387 e. The highest BCUT2D eigenvalue weighted by Crippen LogP contribution is 2.50. The van der Waals surface area contributed by atoms with Crippen LogP contribution in [0.2, 0.25) is 0 Å². The minimum Gasteiger partial charge on any atom is -0.494 e. The van der Waals surface area contributed by atoms with E-state index < -0.39 is 60.2 Å². The van der Waals surface area contributed by atoms with Gasteiger partial charge in [-0.25, -0.2) is 0 Å². The van der Waals surface area contributed by atoms with E-state index in [1.54, 1.807) is 63.0 Å². The van der Waals surface area contributed by atoms with Gasteiger partial charge < -0.3 is 49.2 Å². The quantitative estimate of drug-likeness (QED) is 0.0222. The molecule has 0 amide bonds. The summed E-state index contributed by atoms with van der Waals surface area (Å²) in [6, 6.07) is 79.0. The minimum atomic E-state index is -2.89. The second kappa shape index (κ2) is 52.8. The Morgan fingerprint density at radius 1 is 0.300 bits per heavy atom. The number of benzene rings is 10. The molecule has 0 unspecified atom stereocenters. The van der Waals surface area contributed by atoms with Crippen LogP contribution in [0.1, 0.15) is 217 Å². The van der Waals surface area contributed by atoms with E-state index >= 15 is 0 Å². The molecule has 3 aliphatic carbocycles. The SMILES string of the molecule is CC(C)(Sc1ccnc2ccc(-c3cccc(OC(F)F)c3)cc12)C(=O)O.CCC(CC)(Sc1ccnc2ccc(-c3cccc(OC4CCC4)c3)cc12)C(=O)O.CCCC(CCC)(Sc1ccnc2ccc(-c3cccc(OC4CC4)c3)cc12)C(=O)O.CCCC(CCC)(Sc1ccnc2ccc(-c3cccc(OC4CCC4)c3)cc12)C(=O)O.CCCC(CCC)(Sc1ccnc2ccc(-c3cccc(OCC)c3)cc12)C(=O)O. The van der Waals surface area contributed by atoms with Gasteiger partial charge in [0.2, 0.25) is 0 Å². The lowest BCUT2D eigenvalue weighted by Gasteiger charge is -2.28. The molecule has 20 nitrogen and oxygen atoms in total. The fraction of sp³-hybridized carbons (Fsp3) is 0.350. The number of fused-ring (bicyclic) bond motifs is 5. The van der Waals surface area contributed by atoms with Crippen LogP contribution in [-0.2, 0) is 24.0 Å². The molecule has 3 saturated carbocycles. The highest BCUT2D eigenvalue weighted by molar-refractivity contribution is 8.02. The molecule has 5 N–H and O–H groups in total. The molecule has 3 fully saturated rings. The van der Waals surface area contributed by atoms with Crippen molar-refractivity contribution in [1.82, 2.24) is 24.9 Å². The molecule has 0 saturated heterocycles. The van der Waals surface area contributed by atoms with Crippen molar-refractivity contribution in [3.8, 4) is 84.4 Å². The van der Waals surface area contributed by atoms with Crippen LogP contribution in [0.3, 0.4) is 0 Å². The van der Waals surface area contributed by atoms with E-state index in [-0.39, 0.29) is 5.75 Å². The summed E-state index contributed by atoms with van der Waals surface area (Å²) in [4.78, 5) is 87.4.